The normalized spacial score (nSPS) is 20.8. The van der Waals surface area contributed by atoms with E-state index >= 15 is 0 Å². The molecule has 0 bridgehead atoms. The summed E-state index contributed by atoms with van der Waals surface area (Å²) in [6.07, 6.45) is 0.662. The van der Waals surface area contributed by atoms with Gasteiger partial charge in [-0.05, 0) is 18.6 Å². The van der Waals surface area contributed by atoms with Crippen LogP contribution in [0.5, 0.6) is 0 Å². The van der Waals surface area contributed by atoms with Crippen LogP contribution < -0.4 is 0 Å². The smallest absolute Gasteiger partial charge is 0.367 e. The van der Waals surface area contributed by atoms with Crippen LogP contribution >= 0.6 is 0 Å². The molecule has 1 heterocycles. The molecular weight excluding hydrogens is 279 g/mol. The molecule has 0 spiro atoms. The lowest BCUT2D eigenvalue weighted by atomic mass is 10.1. The Morgan fingerprint density at radius 3 is 2.53 bits per heavy atom. The van der Waals surface area contributed by atoms with Crippen LogP contribution in [0.3, 0.4) is 0 Å². The summed E-state index contributed by atoms with van der Waals surface area (Å²) in [5.74, 6) is 0. The van der Waals surface area contributed by atoms with E-state index in [4.69, 9.17) is 5.26 Å². The SMILES string of the molecule is CC(C1=CC=C(C(F)(F)F)N(C)C1)S(C)(=O)=NC#N. The van der Waals surface area contributed by atoms with Gasteiger partial charge in [-0.3, -0.25) is 0 Å². The van der Waals surface area contributed by atoms with Crippen LogP contribution in [0.4, 0.5) is 13.2 Å². The molecule has 19 heavy (non-hydrogen) atoms. The van der Waals surface area contributed by atoms with Gasteiger partial charge >= 0.3 is 6.18 Å². The van der Waals surface area contributed by atoms with Gasteiger partial charge in [-0.2, -0.15) is 18.4 Å². The zero-order valence-corrected chi connectivity index (χ0v) is 11.5. The highest BCUT2D eigenvalue weighted by Gasteiger charge is 2.38. The van der Waals surface area contributed by atoms with E-state index in [1.54, 1.807) is 6.92 Å². The lowest BCUT2D eigenvalue weighted by Crippen LogP contribution is -2.35. The quantitative estimate of drug-likeness (QED) is 0.734. The molecule has 0 radical (unpaired) electrons. The van der Waals surface area contributed by atoms with Crippen molar-refractivity contribution < 1.29 is 17.4 Å². The number of hydrogen-bond donors (Lipinski definition) is 0. The number of alkyl halides is 3. The first-order valence-electron chi connectivity index (χ1n) is 5.37. The molecule has 4 nitrogen and oxygen atoms in total. The molecule has 1 aliphatic rings. The Morgan fingerprint density at radius 1 is 1.53 bits per heavy atom. The van der Waals surface area contributed by atoms with E-state index in [0.29, 0.717) is 5.57 Å². The van der Waals surface area contributed by atoms with Crippen LogP contribution in [0, 0.1) is 11.5 Å². The number of halogens is 3. The number of allylic oxidation sites excluding steroid dienone is 3. The van der Waals surface area contributed by atoms with Crippen molar-refractivity contribution in [2.75, 3.05) is 19.8 Å². The molecule has 0 amide bonds. The molecule has 0 saturated heterocycles. The van der Waals surface area contributed by atoms with Gasteiger partial charge in [0.1, 0.15) is 5.70 Å². The summed E-state index contributed by atoms with van der Waals surface area (Å²) in [4.78, 5) is 1.05. The molecule has 0 aromatic carbocycles. The van der Waals surface area contributed by atoms with E-state index in [0.717, 1.165) is 11.0 Å². The van der Waals surface area contributed by atoms with Crippen LogP contribution in [-0.4, -0.2) is 40.4 Å². The summed E-state index contributed by atoms with van der Waals surface area (Å²) in [5.41, 5.74) is -0.190. The van der Waals surface area contributed by atoms with E-state index in [1.165, 1.54) is 25.6 Å². The highest BCUT2D eigenvalue weighted by Crippen LogP contribution is 2.31. The van der Waals surface area contributed by atoms with E-state index < -0.39 is 26.9 Å². The van der Waals surface area contributed by atoms with Crippen LogP contribution in [0.2, 0.25) is 0 Å². The van der Waals surface area contributed by atoms with E-state index in [2.05, 4.69) is 4.36 Å². The van der Waals surface area contributed by atoms with Crippen molar-refractivity contribution in [1.29, 1.82) is 5.26 Å². The lowest BCUT2D eigenvalue weighted by Gasteiger charge is -2.30. The second-order valence-corrected chi connectivity index (χ2v) is 6.95. The summed E-state index contributed by atoms with van der Waals surface area (Å²) in [6, 6.07) is 0. The maximum atomic E-state index is 12.6. The Hall–Kier alpha value is -1.49. The van der Waals surface area contributed by atoms with Gasteiger partial charge in [0.2, 0.25) is 6.19 Å². The minimum Gasteiger partial charge on any atom is -0.367 e. The molecule has 2 unspecified atom stereocenters. The van der Waals surface area contributed by atoms with Crippen molar-refractivity contribution >= 4 is 9.73 Å². The third-order valence-corrected chi connectivity index (χ3v) is 5.04. The maximum absolute atomic E-state index is 12.6. The Kier molecular flexibility index (Phi) is 4.30. The van der Waals surface area contributed by atoms with Gasteiger partial charge in [-0.25, -0.2) is 4.21 Å². The Balaban J connectivity index is 3.12. The monoisotopic (exact) mass is 293 g/mol. The molecule has 2 atom stereocenters. The van der Waals surface area contributed by atoms with Crippen molar-refractivity contribution in [1.82, 2.24) is 4.90 Å². The van der Waals surface area contributed by atoms with E-state index in [9.17, 15) is 17.4 Å². The number of nitriles is 1. The topological polar surface area (TPSA) is 56.5 Å². The number of hydrogen-bond acceptors (Lipinski definition) is 4. The molecular formula is C11H14F3N3OS. The van der Waals surface area contributed by atoms with E-state index in [-0.39, 0.29) is 6.54 Å². The lowest BCUT2D eigenvalue weighted by molar-refractivity contribution is -0.109. The van der Waals surface area contributed by atoms with Gasteiger partial charge in [0.05, 0.1) is 15.0 Å². The third kappa shape index (κ3) is 3.50. The largest absolute Gasteiger partial charge is 0.431 e. The van der Waals surface area contributed by atoms with Gasteiger partial charge in [0, 0.05) is 19.8 Å². The first-order valence-corrected chi connectivity index (χ1v) is 7.36. The molecule has 106 valence electrons. The molecule has 0 saturated carbocycles. The molecule has 0 fully saturated rings. The average molecular weight is 293 g/mol. The number of nitrogens with zero attached hydrogens (tertiary/aromatic N) is 3. The summed E-state index contributed by atoms with van der Waals surface area (Å²) in [5, 5.41) is 7.88. The van der Waals surface area contributed by atoms with Gasteiger partial charge in [-0.15, -0.1) is 4.36 Å². The second-order valence-electron chi connectivity index (χ2n) is 4.34. The highest BCUT2D eigenvalue weighted by molar-refractivity contribution is 7.93. The van der Waals surface area contributed by atoms with Crippen molar-refractivity contribution in [3.63, 3.8) is 0 Å². The first-order chi connectivity index (χ1) is 8.59. The maximum Gasteiger partial charge on any atom is 0.431 e. The highest BCUT2D eigenvalue weighted by atomic mass is 32.2. The van der Waals surface area contributed by atoms with Gasteiger partial charge < -0.3 is 4.90 Å². The van der Waals surface area contributed by atoms with Crippen molar-refractivity contribution in [2.24, 2.45) is 4.36 Å². The molecule has 8 heteroatoms. The fourth-order valence-corrected chi connectivity index (χ4v) is 2.78. The van der Waals surface area contributed by atoms with Crippen LogP contribution in [0.25, 0.3) is 0 Å². The zero-order chi connectivity index (χ0) is 14.8. The van der Waals surface area contributed by atoms with Crippen molar-refractivity contribution in [2.45, 2.75) is 18.3 Å². The fourth-order valence-electron chi connectivity index (χ4n) is 1.74. The standard InChI is InChI=1S/C11H14F3N3OS/c1-8(19(3,18)16-7-15)9-4-5-10(11(12,13)14)17(2)6-9/h4-5,8H,6H2,1-3H3. The van der Waals surface area contributed by atoms with Crippen molar-refractivity contribution in [3.05, 3.63) is 23.4 Å². The number of likely N-dealkylation sites (N-methyl/N-ethyl adjacent to an activating group) is 1. The minimum atomic E-state index is -4.41. The molecule has 0 aliphatic carbocycles. The predicted molar refractivity (Wildman–Crippen MR) is 66.4 cm³/mol. The summed E-state index contributed by atoms with van der Waals surface area (Å²) in [7, 11) is -1.46. The van der Waals surface area contributed by atoms with Gasteiger partial charge in [0.15, 0.2) is 0 Å². The Morgan fingerprint density at radius 2 is 2.11 bits per heavy atom. The van der Waals surface area contributed by atoms with Crippen LogP contribution in [-0.2, 0) is 9.73 Å². The Labute approximate surface area is 110 Å². The summed E-state index contributed by atoms with van der Waals surface area (Å²) in [6.45, 7) is 1.60. The minimum absolute atomic E-state index is 0.0122. The van der Waals surface area contributed by atoms with Crippen LogP contribution in [0.15, 0.2) is 27.8 Å². The van der Waals surface area contributed by atoms with Crippen molar-refractivity contribution in [3.8, 4) is 6.19 Å². The Bertz CT molecular complexity index is 577. The number of rotatable bonds is 2. The fraction of sp³-hybridized carbons (Fsp3) is 0.545. The summed E-state index contributed by atoms with van der Waals surface area (Å²) < 4.78 is 53.3. The molecule has 0 N–H and O–H groups in total. The van der Waals surface area contributed by atoms with E-state index in [1.807, 2.05) is 0 Å². The summed E-state index contributed by atoms with van der Waals surface area (Å²) >= 11 is 0. The third-order valence-electron chi connectivity index (χ3n) is 2.98. The van der Waals surface area contributed by atoms with Gasteiger partial charge in [-0.1, -0.05) is 6.08 Å². The average Bonchev–Trinajstić information content (AvgIpc) is 2.26. The molecule has 0 aromatic rings. The predicted octanol–water partition coefficient (Wildman–Crippen LogP) is 2.27. The second kappa shape index (κ2) is 5.25. The van der Waals surface area contributed by atoms with Gasteiger partial charge in [0.25, 0.3) is 0 Å². The zero-order valence-electron chi connectivity index (χ0n) is 10.7. The molecule has 0 aromatic heterocycles. The molecule has 1 rings (SSSR count). The molecule has 1 aliphatic heterocycles. The van der Waals surface area contributed by atoms with Crippen LogP contribution in [0.1, 0.15) is 6.92 Å². The first kappa shape index (κ1) is 15.6.